The molecule has 2 aromatic rings. The van der Waals surface area contributed by atoms with Gasteiger partial charge in [-0.3, -0.25) is 9.59 Å². The first-order valence-electron chi connectivity index (χ1n) is 7.40. The fourth-order valence-corrected chi connectivity index (χ4v) is 2.76. The van der Waals surface area contributed by atoms with Crippen molar-refractivity contribution in [1.82, 2.24) is 15.0 Å². The number of carbonyl (C=O) groups is 2. The maximum atomic E-state index is 11.8. The lowest BCUT2D eigenvalue weighted by Gasteiger charge is -2.20. The number of aryl methyl sites for hydroxylation is 1. The highest BCUT2D eigenvalue weighted by Gasteiger charge is 2.24. The molecular formula is C16H18N4O2. The average molecular weight is 298 g/mol. The van der Waals surface area contributed by atoms with Gasteiger partial charge in [0, 0.05) is 24.8 Å². The molecule has 6 heteroatoms. The van der Waals surface area contributed by atoms with Crippen molar-refractivity contribution in [2.24, 2.45) is 11.0 Å². The number of nitrogens with one attached hydrogen (secondary N) is 1. The van der Waals surface area contributed by atoms with Crippen LogP contribution in [0.4, 0.5) is 0 Å². The number of rotatable bonds is 3. The van der Waals surface area contributed by atoms with Gasteiger partial charge in [0.25, 0.3) is 0 Å². The van der Waals surface area contributed by atoms with Crippen LogP contribution in [-0.4, -0.2) is 27.0 Å². The van der Waals surface area contributed by atoms with E-state index in [2.05, 4.69) is 15.6 Å². The molecule has 0 aliphatic carbocycles. The lowest BCUT2D eigenvalue weighted by atomic mass is 9.93. The van der Waals surface area contributed by atoms with Gasteiger partial charge < -0.3 is 0 Å². The molecule has 0 fully saturated rings. The predicted octanol–water partition coefficient (Wildman–Crippen LogP) is 1.96. The molecule has 0 spiro atoms. The summed E-state index contributed by atoms with van der Waals surface area (Å²) in [4.78, 5) is 23.2. The van der Waals surface area contributed by atoms with Crippen molar-refractivity contribution >= 4 is 22.9 Å². The lowest BCUT2D eigenvalue weighted by Crippen LogP contribution is -2.32. The Balaban J connectivity index is 2.23. The van der Waals surface area contributed by atoms with Crippen LogP contribution in [0.1, 0.15) is 48.9 Å². The van der Waals surface area contributed by atoms with Crippen molar-refractivity contribution in [3.8, 4) is 0 Å². The number of hydrogen-bond acceptors (Lipinski definition) is 4. The number of ketones is 1. The van der Waals surface area contributed by atoms with Gasteiger partial charge in [-0.05, 0) is 24.6 Å². The summed E-state index contributed by atoms with van der Waals surface area (Å²) in [5.41, 5.74) is 6.59. The monoisotopic (exact) mass is 298 g/mol. The van der Waals surface area contributed by atoms with E-state index in [4.69, 9.17) is 0 Å². The number of nitrogens with zero attached hydrogens (tertiary/aromatic N) is 3. The van der Waals surface area contributed by atoms with Crippen LogP contribution in [0, 0.1) is 5.92 Å². The van der Waals surface area contributed by atoms with Crippen molar-refractivity contribution in [2.75, 3.05) is 0 Å². The second-order valence-corrected chi connectivity index (χ2v) is 5.61. The van der Waals surface area contributed by atoms with E-state index in [9.17, 15) is 9.59 Å². The Kier molecular flexibility index (Phi) is 3.52. The molecule has 22 heavy (non-hydrogen) atoms. The molecule has 1 aliphatic rings. The zero-order chi connectivity index (χ0) is 15.9. The second kappa shape index (κ2) is 5.36. The van der Waals surface area contributed by atoms with E-state index in [0.29, 0.717) is 12.1 Å². The largest absolute Gasteiger partial charge is 0.293 e. The summed E-state index contributed by atoms with van der Waals surface area (Å²) in [6.45, 7) is 5.53. The Morgan fingerprint density at radius 2 is 2.23 bits per heavy atom. The first kappa shape index (κ1) is 14.4. The molecule has 1 aliphatic heterocycles. The smallest absolute Gasteiger partial charge is 0.240 e. The molecule has 0 saturated heterocycles. The zero-order valence-electron chi connectivity index (χ0n) is 12.9. The molecule has 3 heterocycles. The molecule has 1 unspecified atom stereocenters. The van der Waals surface area contributed by atoms with Gasteiger partial charge in [-0.1, -0.05) is 13.8 Å². The van der Waals surface area contributed by atoms with E-state index in [1.165, 1.54) is 6.92 Å². The minimum Gasteiger partial charge on any atom is -0.293 e. The van der Waals surface area contributed by atoms with Crippen molar-refractivity contribution in [2.45, 2.75) is 33.6 Å². The Morgan fingerprint density at radius 3 is 2.86 bits per heavy atom. The van der Waals surface area contributed by atoms with Gasteiger partial charge in [0.1, 0.15) is 5.69 Å². The number of aromatic nitrogens is 2. The van der Waals surface area contributed by atoms with E-state index in [1.807, 2.05) is 26.0 Å². The summed E-state index contributed by atoms with van der Waals surface area (Å²) in [6, 6.07) is 5.64. The van der Waals surface area contributed by atoms with Crippen LogP contribution in [0.3, 0.4) is 0 Å². The topological polar surface area (TPSA) is 75.8 Å². The summed E-state index contributed by atoms with van der Waals surface area (Å²) in [5.74, 6) is -0.0784. The third-order valence-electron chi connectivity index (χ3n) is 3.93. The third-order valence-corrected chi connectivity index (χ3v) is 3.93. The van der Waals surface area contributed by atoms with Gasteiger partial charge in [-0.25, -0.2) is 9.94 Å². The summed E-state index contributed by atoms with van der Waals surface area (Å²) >= 11 is 0. The van der Waals surface area contributed by atoms with Gasteiger partial charge in [0.15, 0.2) is 5.78 Å². The Hall–Kier alpha value is -2.50. The highest BCUT2D eigenvalue weighted by atomic mass is 16.2. The summed E-state index contributed by atoms with van der Waals surface area (Å²) in [6.07, 6.45) is 1.20. The van der Waals surface area contributed by atoms with Crippen LogP contribution < -0.4 is 5.43 Å². The van der Waals surface area contributed by atoms with Gasteiger partial charge in [-0.15, -0.1) is 0 Å². The summed E-state index contributed by atoms with van der Waals surface area (Å²) in [7, 11) is 0. The molecule has 1 N–H and O–H groups in total. The number of hydrazone groups is 1. The fraction of sp³-hybridized carbons (Fsp3) is 0.375. The number of Topliss-reactive ketones (excluding diaryl/α,β-unsaturated/α-hetero) is 1. The van der Waals surface area contributed by atoms with Crippen LogP contribution in [0.15, 0.2) is 23.3 Å². The van der Waals surface area contributed by atoms with E-state index in [-0.39, 0.29) is 17.6 Å². The van der Waals surface area contributed by atoms with Gasteiger partial charge in [-0.2, -0.15) is 10.2 Å². The first-order chi connectivity index (χ1) is 10.5. The van der Waals surface area contributed by atoms with Crippen LogP contribution in [-0.2, 0) is 11.2 Å². The predicted molar refractivity (Wildman–Crippen MR) is 83.0 cm³/mol. The standard InChI is InChI=1S/C16H18N4O2/c1-4-11-8-14-12(16-9(2)7-15(22)17-18-16)5-6-13(10(3)21)20(14)19-11/h5-6,8-9H,4,7H2,1-3H3,(H,17,22). The lowest BCUT2D eigenvalue weighted by molar-refractivity contribution is -0.121. The van der Waals surface area contributed by atoms with Crippen LogP contribution in [0.2, 0.25) is 0 Å². The van der Waals surface area contributed by atoms with E-state index < -0.39 is 0 Å². The van der Waals surface area contributed by atoms with Crippen molar-refractivity contribution in [3.05, 3.63) is 35.2 Å². The zero-order valence-corrected chi connectivity index (χ0v) is 12.9. The van der Waals surface area contributed by atoms with Gasteiger partial charge in [0.05, 0.1) is 16.9 Å². The summed E-state index contributed by atoms with van der Waals surface area (Å²) < 4.78 is 1.68. The fourth-order valence-electron chi connectivity index (χ4n) is 2.76. The Labute approximate surface area is 128 Å². The SMILES string of the molecule is CCc1cc2c(C3=NNC(=O)CC3C)ccc(C(C)=O)n2n1. The molecule has 0 aromatic carbocycles. The van der Waals surface area contributed by atoms with Crippen molar-refractivity contribution in [1.29, 1.82) is 0 Å². The van der Waals surface area contributed by atoms with Crippen LogP contribution in [0.25, 0.3) is 5.52 Å². The molecule has 1 atom stereocenters. The molecule has 1 amide bonds. The number of fused-ring (bicyclic) bond motifs is 1. The third kappa shape index (κ3) is 2.30. The van der Waals surface area contributed by atoms with Crippen LogP contribution in [0.5, 0.6) is 0 Å². The normalized spacial score (nSPS) is 18.2. The molecule has 0 bridgehead atoms. The molecule has 0 radical (unpaired) electrons. The first-order valence-corrected chi connectivity index (χ1v) is 7.40. The molecular weight excluding hydrogens is 280 g/mol. The molecule has 114 valence electrons. The minimum absolute atomic E-state index is 0.0284. The van der Waals surface area contributed by atoms with E-state index >= 15 is 0 Å². The maximum absolute atomic E-state index is 11.8. The van der Waals surface area contributed by atoms with Crippen molar-refractivity contribution < 1.29 is 9.59 Å². The Bertz CT molecular complexity index is 804. The number of amides is 1. The average Bonchev–Trinajstić information content (AvgIpc) is 2.90. The highest BCUT2D eigenvalue weighted by Crippen LogP contribution is 2.23. The maximum Gasteiger partial charge on any atom is 0.240 e. The van der Waals surface area contributed by atoms with Crippen molar-refractivity contribution in [3.63, 3.8) is 0 Å². The van der Waals surface area contributed by atoms with E-state index in [1.54, 1.807) is 10.6 Å². The molecule has 0 saturated carbocycles. The second-order valence-electron chi connectivity index (χ2n) is 5.61. The molecule has 2 aromatic heterocycles. The Morgan fingerprint density at radius 1 is 1.45 bits per heavy atom. The quantitative estimate of drug-likeness (QED) is 0.880. The molecule has 3 rings (SSSR count). The summed E-state index contributed by atoms with van der Waals surface area (Å²) in [5, 5.41) is 8.71. The highest BCUT2D eigenvalue weighted by molar-refractivity contribution is 6.10. The van der Waals surface area contributed by atoms with Gasteiger partial charge in [0.2, 0.25) is 5.91 Å². The number of hydrogen-bond donors (Lipinski definition) is 1. The number of carbonyl (C=O) groups excluding carboxylic acids is 2. The minimum atomic E-state index is -0.0737. The van der Waals surface area contributed by atoms with Crippen LogP contribution >= 0.6 is 0 Å². The number of pyridine rings is 1. The molecule has 6 nitrogen and oxygen atoms in total. The van der Waals surface area contributed by atoms with E-state index in [0.717, 1.165) is 28.9 Å². The van der Waals surface area contributed by atoms with Gasteiger partial charge >= 0.3 is 0 Å².